The highest BCUT2D eigenvalue weighted by molar-refractivity contribution is 7.13. The Morgan fingerprint density at radius 2 is 1.96 bits per heavy atom. The molecule has 7 heteroatoms. The van der Waals surface area contributed by atoms with Crippen LogP contribution in [0, 0.1) is 0 Å². The second kappa shape index (κ2) is 7.20. The molecular weight excluding hydrogens is 348 g/mol. The number of para-hydroxylation sites is 1. The summed E-state index contributed by atoms with van der Waals surface area (Å²) in [6.45, 7) is 0. The third kappa shape index (κ3) is 3.47. The van der Waals surface area contributed by atoms with Gasteiger partial charge < -0.3 is 4.74 Å². The van der Waals surface area contributed by atoms with Crippen LogP contribution in [0.1, 0.15) is 0 Å². The van der Waals surface area contributed by atoms with Crippen LogP contribution in [0.15, 0.2) is 78.6 Å². The van der Waals surface area contributed by atoms with Crippen molar-refractivity contribution < 1.29 is 9.53 Å². The number of pyridine rings is 1. The number of benzene rings is 1. The Morgan fingerprint density at radius 3 is 2.69 bits per heavy atom. The summed E-state index contributed by atoms with van der Waals surface area (Å²) in [7, 11) is 0. The normalized spacial score (nSPS) is 10.5. The van der Waals surface area contributed by atoms with Crippen molar-refractivity contribution in [3.63, 3.8) is 0 Å². The molecule has 1 aromatic carbocycles. The van der Waals surface area contributed by atoms with Gasteiger partial charge in [-0.25, -0.2) is 9.48 Å². The standard InChI is InChI=1S/C19H14N4O2S/c24-19(21-14-6-4-10-20-12-14)25-16-13-23(15-7-2-1-3-8-15)22-18(16)17-9-5-11-26-17/h1-13H,(H,21,24). The topological polar surface area (TPSA) is 69.0 Å². The molecule has 26 heavy (non-hydrogen) atoms. The lowest BCUT2D eigenvalue weighted by Crippen LogP contribution is -2.16. The molecule has 4 rings (SSSR count). The van der Waals surface area contributed by atoms with Crippen LogP contribution in [0.25, 0.3) is 16.3 Å². The van der Waals surface area contributed by atoms with Gasteiger partial charge in [0.25, 0.3) is 0 Å². The van der Waals surface area contributed by atoms with E-state index in [9.17, 15) is 4.79 Å². The minimum atomic E-state index is -0.594. The molecular formula is C19H14N4O2S. The third-order valence-corrected chi connectivity index (χ3v) is 4.44. The Hall–Kier alpha value is -3.45. The summed E-state index contributed by atoms with van der Waals surface area (Å²) in [6, 6.07) is 17.0. The molecule has 0 saturated carbocycles. The number of nitrogens with one attached hydrogen (secondary N) is 1. The van der Waals surface area contributed by atoms with E-state index in [1.54, 1.807) is 35.4 Å². The summed E-state index contributed by atoms with van der Waals surface area (Å²) in [5.74, 6) is 0.387. The maximum atomic E-state index is 12.3. The maximum absolute atomic E-state index is 12.3. The van der Waals surface area contributed by atoms with Crippen molar-refractivity contribution in [3.8, 4) is 22.0 Å². The third-order valence-electron chi connectivity index (χ3n) is 3.57. The molecule has 1 amide bonds. The highest BCUT2D eigenvalue weighted by Gasteiger charge is 2.17. The van der Waals surface area contributed by atoms with Crippen LogP contribution in [0.4, 0.5) is 10.5 Å². The smallest absolute Gasteiger partial charge is 0.406 e. The Kier molecular flexibility index (Phi) is 4.44. The number of nitrogens with zero attached hydrogens (tertiary/aromatic N) is 3. The molecule has 0 aliphatic heterocycles. The lowest BCUT2D eigenvalue weighted by molar-refractivity contribution is 0.215. The fourth-order valence-corrected chi connectivity index (χ4v) is 3.12. The van der Waals surface area contributed by atoms with E-state index < -0.39 is 6.09 Å². The Balaban J connectivity index is 1.64. The van der Waals surface area contributed by atoms with Gasteiger partial charge in [0.2, 0.25) is 0 Å². The minimum absolute atomic E-state index is 0.387. The number of amides is 1. The molecule has 4 aromatic rings. The average molecular weight is 362 g/mol. The van der Waals surface area contributed by atoms with Gasteiger partial charge in [-0.1, -0.05) is 24.3 Å². The molecule has 3 aromatic heterocycles. The van der Waals surface area contributed by atoms with Crippen molar-refractivity contribution in [3.05, 3.63) is 78.6 Å². The number of thiophene rings is 1. The van der Waals surface area contributed by atoms with Crippen LogP contribution in [-0.4, -0.2) is 20.9 Å². The molecule has 0 bridgehead atoms. The van der Waals surface area contributed by atoms with E-state index >= 15 is 0 Å². The zero-order valence-electron chi connectivity index (χ0n) is 13.6. The zero-order chi connectivity index (χ0) is 17.8. The SMILES string of the molecule is O=C(Nc1cccnc1)Oc1cn(-c2ccccc2)nc1-c1cccs1. The second-order valence-electron chi connectivity index (χ2n) is 5.36. The molecule has 0 radical (unpaired) electrons. The Morgan fingerprint density at radius 1 is 1.08 bits per heavy atom. The van der Waals surface area contributed by atoms with Crippen molar-refractivity contribution >= 4 is 23.1 Å². The van der Waals surface area contributed by atoms with Crippen LogP contribution in [0.2, 0.25) is 0 Å². The lowest BCUT2D eigenvalue weighted by Gasteiger charge is -2.05. The first kappa shape index (κ1) is 16.0. The first-order chi connectivity index (χ1) is 12.8. The number of anilines is 1. The molecule has 0 atom stereocenters. The van der Waals surface area contributed by atoms with Gasteiger partial charge in [0.1, 0.15) is 5.69 Å². The van der Waals surface area contributed by atoms with Crippen molar-refractivity contribution in [2.24, 2.45) is 0 Å². The van der Waals surface area contributed by atoms with Gasteiger partial charge in [0, 0.05) is 6.20 Å². The van der Waals surface area contributed by atoms with E-state index in [1.807, 2.05) is 47.8 Å². The number of carbonyl (C=O) groups is 1. The van der Waals surface area contributed by atoms with Gasteiger partial charge in [-0.15, -0.1) is 11.3 Å². The number of ether oxygens (including phenoxy) is 1. The van der Waals surface area contributed by atoms with Crippen LogP contribution in [0.5, 0.6) is 5.75 Å². The maximum Gasteiger partial charge on any atom is 0.417 e. The molecule has 128 valence electrons. The lowest BCUT2D eigenvalue weighted by atomic mass is 10.3. The molecule has 0 fully saturated rings. The van der Waals surface area contributed by atoms with E-state index in [1.165, 1.54) is 11.3 Å². The quantitative estimate of drug-likeness (QED) is 0.576. The van der Waals surface area contributed by atoms with Gasteiger partial charge in [0.15, 0.2) is 5.75 Å². The molecule has 0 spiro atoms. The first-order valence-electron chi connectivity index (χ1n) is 7.87. The van der Waals surface area contributed by atoms with E-state index in [4.69, 9.17) is 4.74 Å². The predicted octanol–water partition coefficient (Wildman–Crippen LogP) is 4.61. The number of carbonyl (C=O) groups excluding carboxylic acids is 1. The fraction of sp³-hybridized carbons (Fsp3) is 0. The van der Waals surface area contributed by atoms with E-state index in [2.05, 4.69) is 15.4 Å². The summed E-state index contributed by atoms with van der Waals surface area (Å²) in [5.41, 5.74) is 2.06. The van der Waals surface area contributed by atoms with Crippen molar-refractivity contribution in [1.82, 2.24) is 14.8 Å². The zero-order valence-corrected chi connectivity index (χ0v) is 14.4. The summed E-state index contributed by atoms with van der Waals surface area (Å²) >= 11 is 1.53. The number of hydrogen-bond acceptors (Lipinski definition) is 5. The average Bonchev–Trinajstić information content (AvgIpc) is 3.33. The number of aromatic nitrogens is 3. The Labute approximate surface area is 153 Å². The van der Waals surface area contributed by atoms with Gasteiger partial charge in [-0.05, 0) is 35.7 Å². The van der Waals surface area contributed by atoms with Crippen LogP contribution >= 0.6 is 11.3 Å². The van der Waals surface area contributed by atoms with Crippen LogP contribution < -0.4 is 10.1 Å². The monoisotopic (exact) mass is 362 g/mol. The van der Waals surface area contributed by atoms with Gasteiger partial charge in [0.05, 0.1) is 28.6 Å². The molecule has 1 N–H and O–H groups in total. The van der Waals surface area contributed by atoms with Gasteiger partial charge in [-0.3, -0.25) is 10.3 Å². The van der Waals surface area contributed by atoms with Gasteiger partial charge in [-0.2, -0.15) is 5.10 Å². The molecule has 0 saturated heterocycles. The van der Waals surface area contributed by atoms with Crippen molar-refractivity contribution in [2.75, 3.05) is 5.32 Å². The van der Waals surface area contributed by atoms with Crippen molar-refractivity contribution in [1.29, 1.82) is 0 Å². The molecule has 0 unspecified atom stereocenters. The first-order valence-corrected chi connectivity index (χ1v) is 8.75. The predicted molar refractivity (Wildman–Crippen MR) is 101 cm³/mol. The van der Waals surface area contributed by atoms with E-state index in [0.29, 0.717) is 17.1 Å². The second-order valence-corrected chi connectivity index (χ2v) is 6.30. The molecule has 0 aliphatic carbocycles. The summed E-state index contributed by atoms with van der Waals surface area (Å²) in [6.07, 6.45) is 4.29. The number of hydrogen-bond donors (Lipinski definition) is 1. The summed E-state index contributed by atoms with van der Waals surface area (Å²) < 4.78 is 7.22. The van der Waals surface area contributed by atoms with Gasteiger partial charge >= 0.3 is 6.09 Å². The van der Waals surface area contributed by atoms with E-state index in [0.717, 1.165) is 10.6 Å². The number of rotatable bonds is 4. The molecule has 6 nitrogen and oxygen atoms in total. The van der Waals surface area contributed by atoms with Crippen molar-refractivity contribution in [2.45, 2.75) is 0 Å². The van der Waals surface area contributed by atoms with Crippen LogP contribution in [0.3, 0.4) is 0 Å². The molecule has 0 aliphatic rings. The summed E-state index contributed by atoms with van der Waals surface area (Å²) in [5, 5.41) is 9.20. The minimum Gasteiger partial charge on any atom is -0.406 e. The van der Waals surface area contributed by atoms with Crippen LogP contribution in [-0.2, 0) is 0 Å². The fourth-order valence-electron chi connectivity index (χ4n) is 2.41. The Bertz CT molecular complexity index is 999. The summed E-state index contributed by atoms with van der Waals surface area (Å²) in [4.78, 5) is 17.1. The van der Waals surface area contributed by atoms with E-state index in [-0.39, 0.29) is 0 Å². The molecule has 3 heterocycles. The largest absolute Gasteiger partial charge is 0.417 e. The highest BCUT2D eigenvalue weighted by Crippen LogP contribution is 2.33. The highest BCUT2D eigenvalue weighted by atomic mass is 32.1.